The number of carbonyl (C=O) groups excluding carboxylic acids is 1. The van der Waals surface area contributed by atoms with Gasteiger partial charge in [0.1, 0.15) is 6.04 Å². The highest BCUT2D eigenvalue weighted by Gasteiger charge is 2.19. The number of aliphatic carboxylic acids is 1. The summed E-state index contributed by atoms with van der Waals surface area (Å²) >= 11 is 0. The van der Waals surface area contributed by atoms with Crippen LogP contribution in [0.25, 0.3) is 0 Å². The van der Waals surface area contributed by atoms with Gasteiger partial charge in [0.05, 0.1) is 0 Å². The second-order valence-corrected chi connectivity index (χ2v) is 4.17. The molecule has 0 aromatic heterocycles. The fourth-order valence-electron chi connectivity index (χ4n) is 1.85. The Kier molecular flexibility index (Phi) is 5.50. The Morgan fingerprint density at radius 1 is 1.41 bits per heavy atom. The van der Waals surface area contributed by atoms with Crippen molar-refractivity contribution >= 4 is 11.9 Å². The van der Waals surface area contributed by atoms with Crippen LogP contribution in [0.2, 0.25) is 0 Å². The van der Waals surface area contributed by atoms with Crippen LogP contribution in [0, 0.1) is 12.3 Å². The Balaban J connectivity index is 2.26. The molecule has 1 saturated heterocycles. The zero-order valence-corrected chi connectivity index (χ0v) is 9.82. The molecule has 5 nitrogen and oxygen atoms in total. The maximum absolute atomic E-state index is 11.5. The number of likely N-dealkylation sites (tertiary alicyclic amines) is 1. The van der Waals surface area contributed by atoms with E-state index in [0.29, 0.717) is 13.0 Å². The summed E-state index contributed by atoms with van der Waals surface area (Å²) < 4.78 is 0. The van der Waals surface area contributed by atoms with E-state index in [1.807, 2.05) is 0 Å². The summed E-state index contributed by atoms with van der Waals surface area (Å²) in [7, 11) is 0. The summed E-state index contributed by atoms with van der Waals surface area (Å²) in [6.07, 6.45) is 7.74. The van der Waals surface area contributed by atoms with Gasteiger partial charge in [-0.2, -0.15) is 0 Å². The van der Waals surface area contributed by atoms with Crippen molar-refractivity contribution in [1.29, 1.82) is 0 Å². The second kappa shape index (κ2) is 6.92. The predicted octanol–water partition coefficient (Wildman–Crippen LogP) is 0.0650. The van der Waals surface area contributed by atoms with Gasteiger partial charge in [0.25, 0.3) is 0 Å². The standard InChI is InChI=1S/C12H18N2O3/c1-2-5-10(12(16)17)13-11(15)6-9-14-7-3-4-8-14/h1,10H,3-9H2,(H,13,15)(H,16,17). The summed E-state index contributed by atoms with van der Waals surface area (Å²) in [6, 6.07) is -0.967. The Labute approximate surface area is 101 Å². The molecule has 1 aliphatic heterocycles. The first-order chi connectivity index (χ1) is 8.13. The molecule has 94 valence electrons. The highest BCUT2D eigenvalue weighted by molar-refractivity contribution is 5.83. The average Bonchev–Trinajstić information content (AvgIpc) is 2.78. The second-order valence-electron chi connectivity index (χ2n) is 4.17. The van der Waals surface area contributed by atoms with E-state index in [-0.39, 0.29) is 12.3 Å². The molecule has 0 spiro atoms. The lowest BCUT2D eigenvalue weighted by Crippen LogP contribution is -2.41. The summed E-state index contributed by atoms with van der Waals surface area (Å²) in [5, 5.41) is 11.2. The molecule has 0 aromatic rings. The molecule has 1 fully saturated rings. The van der Waals surface area contributed by atoms with E-state index in [1.54, 1.807) is 0 Å². The van der Waals surface area contributed by atoms with E-state index < -0.39 is 12.0 Å². The first-order valence-electron chi connectivity index (χ1n) is 5.81. The molecule has 0 radical (unpaired) electrons. The largest absolute Gasteiger partial charge is 0.480 e. The van der Waals surface area contributed by atoms with Crippen molar-refractivity contribution in [2.45, 2.75) is 31.7 Å². The van der Waals surface area contributed by atoms with E-state index >= 15 is 0 Å². The number of carboxylic acid groups (broad SMARTS) is 1. The van der Waals surface area contributed by atoms with Crippen LogP contribution >= 0.6 is 0 Å². The first kappa shape index (κ1) is 13.5. The fourth-order valence-corrected chi connectivity index (χ4v) is 1.85. The minimum Gasteiger partial charge on any atom is -0.480 e. The number of hydrogen-bond acceptors (Lipinski definition) is 3. The number of carbonyl (C=O) groups is 2. The molecular weight excluding hydrogens is 220 g/mol. The lowest BCUT2D eigenvalue weighted by Gasteiger charge is -2.15. The van der Waals surface area contributed by atoms with Gasteiger partial charge in [-0.1, -0.05) is 0 Å². The van der Waals surface area contributed by atoms with Gasteiger partial charge in [-0.05, 0) is 25.9 Å². The normalized spacial score (nSPS) is 17.4. The van der Waals surface area contributed by atoms with Crippen LogP contribution < -0.4 is 5.32 Å². The predicted molar refractivity (Wildman–Crippen MR) is 63.3 cm³/mol. The molecule has 0 bridgehead atoms. The van der Waals surface area contributed by atoms with Crippen LogP contribution in [-0.2, 0) is 9.59 Å². The number of terminal acetylenes is 1. The van der Waals surface area contributed by atoms with Crippen molar-refractivity contribution in [1.82, 2.24) is 10.2 Å². The van der Waals surface area contributed by atoms with E-state index in [4.69, 9.17) is 11.5 Å². The van der Waals surface area contributed by atoms with E-state index in [1.165, 1.54) is 12.8 Å². The van der Waals surface area contributed by atoms with Gasteiger partial charge < -0.3 is 15.3 Å². The molecule has 1 atom stereocenters. The van der Waals surface area contributed by atoms with Gasteiger partial charge in [-0.25, -0.2) is 4.79 Å². The Bertz CT molecular complexity index is 316. The SMILES string of the molecule is C#CCC(NC(=O)CCN1CCCC1)C(=O)O. The average molecular weight is 238 g/mol. The van der Waals surface area contributed by atoms with Gasteiger partial charge in [-0.3, -0.25) is 4.79 Å². The van der Waals surface area contributed by atoms with Gasteiger partial charge in [-0.15, -0.1) is 12.3 Å². The lowest BCUT2D eigenvalue weighted by molar-refractivity contribution is -0.141. The minimum atomic E-state index is -1.09. The highest BCUT2D eigenvalue weighted by atomic mass is 16.4. The van der Waals surface area contributed by atoms with Crippen molar-refractivity contribution in [2.24, 2.45) is 0 Å². The molecule has 1 unspecified atom stereocenters. The van der Waals surface area contributed by atoms with Gasteiger partial charge in [0.2, 0.25) is 5.91 Å². The van der Waals surface area contributed by atoms with Crippen molar-refractivity contribution in [3.05, 3.63) is 0 Å². The number of carboxylic acids is 1. The van der Waals surface area contributed by atoms with Gasteiger partial charge >= 0.3 is 5.97 Å². The van der Waals surface area contributed by atoms with Crippen molar-refractivity contribution in [3.8, 4) is 12.3 Å². The Hall–Kier alpha value is -1.54. The summed E-state index contributed by atoms with van der Waals surface area (Å²) in [6.45, 7) is 2.74. The minimum absolute atomic E-state index is 0.0186. The van der Waals surface area contributed by atoms with Crippen LogP contribution in [-0.4, -0.2) is 47.6 Å². The van der Waals surface area contributed by atoms with Gasteiger partial charge in [0, 0.05) is 19.4 Å². The summed E-state index contributed by atoms with van der Waals surface area (Å²) in [5.74, 6) is 0.910. The highest BCUT2D eigenvalue weighted by Crippen LogP contribution is 2.07. The Morgan fingerprint density at radius 2 is 2.06 bits per heavy atom. The molecule has 0 aliphatic carbocycles. The zero-order chi connectivity index (χ0) is 12.7. The molecule has 1 aliphatic rings. The lowest BCUT2D eigenvalue weighted by atomic mass is 10.2. The zero-order valence-electron chi connectivity index (χ0n) is 9.82. The molecule has 0 aromatic carbocycles. The van der Waals surface area contributed by atoms with Crippen LogP contribution in [0.1, 0.15) is 25.7 Å². The van der Waals surface area contributed by atoms with Crippen molar-refractivity contribution in [2.75, 3.05) is 19.6 Å². The maximum atomic E-state index is 11.5. The van der Waals surface area contributed by atoms with E-state index in [0.717, 1.165) is 13.1 Å². The quantitative estimate of drug-likeness (QED) is 0.642. The smallest absolute Gasteiger partial charge is 0.327 e. The molecule has 1 heterocycles. The van der Waals surface area contributed by atoms with E-state index in [2.05, 4.69) is 16.1 Å². The van der Waals surface area contributed by atoms with Gasteiger partial charge in [0.15, 0.2) is 0 Å². The number of nitrogens with one attached hydrogen (secondary N) is 1. The van der Waals surface area contributed by atoms with Crippen LogP contribution in [0.3, 0.4) is 0 Å². The number of hydrogen-bond donors (Lipinski definition) is 2. The first-order valence-corrected chi connectivity index (χ1v) is 5.81. The van der Waals surface area contributed by atoms with Crippen molar-refractivity contribution in [3.63, 3.8) is 0 Å². The maximum Gasteiger partial charge on any atom is 0.327 e. The topological polar surface area (TPSA) is 69.6 Å². The summed E-state index contributed by atoms with van der Waals surface area (Å²) in [5.41, 5.74) is 0. The van der Waals surface area contributed by atoms with Crippen molar-refractivity contribution < 1.29 is 14.7 Å². The third-order valence-electron chi connectivity index (χ3n) is 2.81. The molecule has 1 rings (SSSR count). The van der Waals surface area contributed by atoms with Crippen LogP contribution in [0.5, 0.6) is 0 Å². The number of rotatable bonds is 6. The number of nitrogens with zero attached hydrogens (tertiary/aromatic N) is 1. The summed E-state index contributed by atoms with van der Waals surface area (Å²) in [4.78, 5) is 24.5. The molecule has 0 saturated carbocycles. The third-order valence-corrected chi connectivity index (χ3v) is 2.81. The fraction of sp³-hybridized carbons (Fsp3) is 0.667. The molecule has 17 heavy (non-hydrogen) atoms. The Morgan fingerprint density at radius 3 is 2.59 bits per heavy atom. The van der Waals surface area contributed by atoms with Crippen LogP contribution in [0.15, 0.2) is 0 Å². The molecular formula is C12H18N2O3. The number of amides is 1. The van der Waals surface area contributed by atoms with E-state index in [9.17, 15) is 9.59 Å². The molecule has 5 heteroatoms. The molecule has 2 N–H and O–H groups in total. The third kappa shape index (κ3) is 4.87. The monoisotopic (exact) mass is 238 g/mol. The van der Waals surface area contributed by atoms with Crippen LogP contribution in [0.4, 0.5) is 0 Å². The molecule has 1 amide bonds.